The number of halogens is 8. The Bertz CT molecular complexity index is 903. The van der Waals surface area contributed by atoms with Crippen molar-refractivity contribution < 1.29 is 39.9 Å². The van der Waals surface area contributed by atoms with Gasteiger partial charge in [0.05, 0.1) is 11.3 Å². The molecule has 1 amide bonds. The fraction of sp³-hybridized carbons (Fsp3) is 0.235. The molecular weight excluding hydrogens is 400 g/mol. The molecular formula is C17H12F8N2O. The van der Waals surface area contributed by atoms with Crippen molar-refractivity contribution in [2.24, 2.45) is 0 Å². The summed E-state index contributed by atoms with van der Waals surface area (Å²) < 4.78 is 105. The summed E-state index contributed by atoms with van der Waals surface area (Å²) in [5.41, 5.74) is 0.228. The predicted molar refractivity (Wildman–Crippen MR) is 84.9 cm³/mol. The van der Waals surface area contributed by atoms with Gasteiger partial charge in [-0.3, -0.25) is 4.79 Å². The third-order valence-corrected chi connectivity index (χ3v) is 3.75. The quantitative estimate of drug-likeness (QED) is 0.517. The number of hydrogen-bond donors (Lipinski definition) is 2. The SMILES string of the molecule is Cc1cc(C(F)(F)C(F)(F)F)cc(C(F)(F)F)c1NC(=O)c1cccc(N)c1. The van der Waals surface area contributed by atoms with Crippen LogP contribution < -0.4 is 11.1 Å². The molecule has 3 nitrogen and oxygen atoms in total. The number of carbonyl (C=O) groups is 1. The van der Waals surface area contributed by atoms with Crippen molar-refractivity contribution in [3.63, 3.8) is 0 Å². The van der Waals surface area contributed by atoms with Gasteiger partial charge in [0.1, 0.15) is 0 Å². The molecule has 28 heavy (non-hydrogen) atoms. The van der Waals surface area contributed by atoms with Crippen molar-refractivity contribution in [1.82, 2.24) is 0 Å². The van der Waals surface area contributed by atoms with E-state index in [9.17, 15) is 39.9 Å². The summed E-state index contributed by atoms with van der Waals surface area (Å²) in [6.45, 7) is 0.875. The van der Waals surface area contributed by atoms with Crippen LogP contribution in [0.2, 0.25) is 0 Å². The fourth-order valence-electron chi connectivity index (χ4n) is 2.39. The summed E-state index contributed by atoms with van der Waals surface area (Å²) in [5, 5.41) is 1.91. The van der Waals surface area contributed by atoms with Gasteiger partial charge in [0.2, 0.25) is 0 Å². The zero-order valence-corrected chi connectivity index (χ0v) is 14.0. The first kappa shape index (κ1) is 21.5. The lowest BCUT2D eigenvalue weighted by molar-refractivity contribution is -0.289. The molecule has 0 atom stereocenters. The molecule has 0 aromatic heterocycles. The minimum absolute atomic E-state index is 0.128. The van der Waals surface area contributed by atoms with Crippen molar-refractivity contribution in [3.05, 3.63) is 58.7 Å². The number of amides is 1. The normalized spacial score (nSPS) is 12.8. The van der Waals surface area contributed by atoms with Crippen LogP contribution in [0, 0.1) is 6.92 Å². The van der Waals surface area contributed by atoms with Gasteiger partial charge in [-0.25, -0.2) is 0 Å². The van der Waals surface area contributed by atoms with Crippen LogP contribution in [0.15, 0.2) is 36.4 Å². The van der Waals surface area contributed by atoms with Crippen molar-refractivity contribution in [2.45, 2.75) is 25.2 Å². The topological polar surface area (TPSA) is 55.1 Å². The number of anilines is 2. The maximum absolute atomic E-state index is 13.5. The number of nitrogens with one attached hydrogen (secondary N) is 1. The Morgan fingerprint density at radius 2 is 1.57 bits per heavy atom. The number of hydrogen-bond acceptors (Lipinski definition) is 2. The molecule has 0 aliphatic heterocycles. The molecule has 0 fully saturated rings. The summed E-state index contributed by atoms with van der Waals surface area (Å²) in [5.74, 6) is -6.55. The molecule has 0 bridgehead atoms. The van der Waals surface area contributed by atoms with Crippen LogP contribution in [0.4, 0.5) is 46.5 Å². The first-order valence-corrected chi connectivity index (χ1v) is 7.48. The van der Waals surface area contributed by atoms with Crippen LogP contribution in [0.5, 0.6) is 0 Å². The van der Waals surface area contributed by atoms with Crippen molar-refractivity contribution in [3.8, 4) is 0 Å². The minimum atomic E-state index is -6.09. The van der Waals surface area contributed by atoms with Gasteiger partial charge in [0.15, 0.2) is 0 Å². The number of benzene rings is 2. The smallest absolute Gasteiger partial charge is 0.399 e. The zero-order chi connectivity index (χ0) is 21.5. The van der Waals surface area contributed by atoms with Crippen LogP contribution >= 0.6 is 0 Å². The van der Waals surface area contributed by atoms with Crippen LogP contribution in [-0.4, -0.2) is 12.1 Å². The zero-order valence-electron chi connectivity index (χ0n) is 14.0. The number of carbonyl (C=O) groups excluding carboxylic acids is 1. The van der Waals surface area contributed by atoms with E-state index in [1.807, 2.05) is 5.32 Å². The molecule has 0 radical (unpaired) electrons. The highest BCUT2D eigenvalue weighted by molar-refractivity contribution is 6.05. The fourth-order valence-corrected chi connectivity index (χ4v) is 2.39. The van der Waals surface area contributed by atoms with Crippen LogP contribution in [0.3, 0.4) is 0 Å². The van der Waals surface area contributed by atoms with Crippen molar-refractivity contribution in [1.29, 1.82) is 0 Å². The Morgan fingerprint density at radius 3 is 2.07 bits per heavy atom. The maximum Gasteiger partial charge on any atom is 0.458 e. The Labute approximate surface area is 153 Å². The van der Waals surface area contributed by atoms with Gasteiger partial charge >= 0.3 is 18.3 Å². The molecule has 0 aliphatic carbocycles. The third kappa shape index (κ3) is 4.18. The molecule has 2 rings (SSSR count). The van der Waals surface area contributed by atoms with Gasteiger partial charge < -0.3 is 11.1 Å². The first-order chi connectivity index (χ1) is 12.6. The molecule has 0 saturated heterocycles. The lowest BCUT2D eigenvalue weighted by atomic mass is 9.98. The molecule has 0 aliphatic rings. The van der Waals surface area contributed by atoms with E-state index in [0.717, 1.165) is 13.0 Å². The Balaban J connectivity index is 2.58. The second-order valence-corrected chi connectivity index (χ2v) is 5.87. The largest absolute Gasteiger partial charge is 0.458 e. The summed E-state index contributed by atoms with van der Waals surface area (Å²) in [4.78, 5) is 12.2. The lowest BCUT2D eigenvalue weighted by Gasteiger charge is -2.23. The van der Waals surface area contributed by atoms with E-state index in [4.69, 9.17) is 5.73 Å². The second-order valence-electron chi connectivity index (χ2n) is 5.87. The van der Waals surface area contributed by atoms with E-state index < -0.39 is 46.6 Å². The molecule has 0 heterocycles. The molecule has 11 heteroatoms. The number of nitrogen functional groups attached to an aromatic ring is 1. The van der Waals surface area contributed by atoms with Gasteiger partial charge in [-0.05, 0) is 42.8 Å². The Hall–Kier alpha value is -2.85. The number of aryl methyl sites for hydroxylation is 1. The van der Waals surface area contributed by atoms with E-state index in [-0.39, 0.29) is 23.4 Å². The van der Waals surface area contributed by atoms with Gasteiger partial charge in [-0.2, -0.15) is 35.1 Å². The van der Waals surface area contributed by atoms with E-state index in [1.165, 1.54) is 18.2 Å². The molecule has 3 N–H and O–H groups in total. The van der Waals surface area contributed by atoms with Gasteiger partial charge in [0.25, 0.3) is 5.91 Å². The highest BCUT2D eigenvalue weighted by Gasteiger charge is 2.59. The lowest BCUT2D eigenvalue weighted by Crippen LogP contribution is -2.34. The maximum atomic E-state index is 13.5. The van der Waals surface area contributed by atoms with E-state index in [1.54, 1.807) is 0 Å². The summed E-state index contributed by atoms with van der Waals surface area (Å²) in [6.07, 6.45) is -11.4. The van der Waals surface area contributed by atoms with E-state index >= 15 is 0 Å². The average Bonchev–Trinajstić information content (AvgIpc) is 2.54. The van der Waals surface area contributed by atoms with Crippen LogP contribution in [0.25, 0.3) is 0 Å². The number of nitrogens with two attached hydrogens (primary N) is 1. The minimum Gasteiger partial charge on any atom is -0.399 e. The van der Waals surface area contributed by atoms with Gasteiger partial charge in [-0.1, -0.05) is 6.07 Å². The van der Waals surface area contributed by atoms with Crippen molar-refractivity contribution in [2.75, 3.05) is 11.1 Å². The monoisotopic (exact) mass is 412 g/mol. The Morgan fingerprint density at radius 1 is 0.964 bits per heavy atom. The van der Waals surface area contributed by atoms with Gasteiger partial charge in [-0.15, -0.1) is 0 Å². The molecule has 2 aromatic carbocycles. The highest BCUT2D eigenvalue weighted by Crippen LogP contribution is 2.47. The van der Waals surface area contributed by atoms with E-state index in [0.29, 0.717) is 0 Å². The molecule has 0 unspecified atom stereocenters. The van der Waals surface area contributed by atoms with Crippen LogP contribution in [-0.2, 0) is 12.1 Å². The number of rotatable bonds is 3. The highest BCUT2D eigenvalue weighted by atomic mass is 19.4. The molecule has 2 aromatic rings. The third-order valence-electron chi connectivity index (χ3n) is 3.75. The molecule has 0 spiro atoms. The predicted octanol–water partition coefficient (Wildman–Crippen LogP) is 5.50. The second kappa shape index (κ2) is 6.95. The molecule has 0 saturated carbocycles. The van der Waals surface area contributed by atoms with Crippen molar-refractivity contribution >= 4 is 17.3 Å². The number of alkyl halides is 8. The van der Waals surface area contributed by atoms with Crippen LogP contribution in [0.1, 0.15) is 27.0 Å². The average molecular weight is 412 g/mol. The standard InChI is InChI=1S/C17H12F8N2O/c1-8-5-10(15(18,19)17(23,24)25)7-12(16(20,21)22)13(8)27-14(28)9-3-2-4-11(26)6-9/h2-7H,26H2,1H3,(H,27,28). The first-order valence-electron chi connectivity index (χ1n) is 7.48. The summed E-state index contributed by atoms with van der Waals surface area (Å²) in [7, 11) is 0. The van der Waals surface area contributed by atoms with Gasteiger partial charge in [0, 0.05) is 16.8 Å². The van der Waals surface area contributed by atoms with E-state index in [2.05, 4.69) is 0 Å². The summed E-state index contributed by atoms with van der Waals surface area (Å²) >= 11 is 0. The molecule has 152 valence electrons. The summed E-state index contributed by atoms with van der Waals surface area (Å²) in [6, 6.07) is 5.09. The Kier molecular flexibility index (Phi) is 5.33.